The summed E-state index contributed by atoms with van der Waals surface area (Å²) in [6, 6.07) is 16.4. The summed E-state index contributed by atoms with van der Waals surface area (Å²) in [4.78, 5) is 15.3. The van der Waals surface area contributed by atoms with Crippen LogP contribution in [0.3, 0.4) is 0 Å². The molecule has 7 nitrogen and oxygen atoms in total. The summed E-state index contributed by atoms with van der Waals surface area (Å²) in [7, 11) is 1.65. The third-order valence-electron chi connectivity index (χ3n) is 4.07. The van der Waals surface area contributed by atoms with Crippen molar-refractivity contribution in [1.29, 1.82) is 0 Å². The number of aliphatic hydroxyl groups excluding tert-OH is 1. The number of nitro groups is 1. The lowest BCUT2D eigenvalue weighted by Crippen LogP contribution is -2.38. The Kier molecular flexibility index (Phi) is 8.15. The van der Waals surface area contributed by atoms with Crippen LogP contribution in [0.15, 0.2) is 59.6 Å². The number of aliphatic imine (C=N–C) groups is 1. The molecule has 0 fully saturated rings. The first-order valence-electron chi connectivity index (χ1n) is 8.41. The Labute approximate surface area is 183 Å². The molecule has 3 rings (SSSR count). The second-order valence-corrected chi connectivity index (χ2v) is 7.05. The third kappa shape index (κ3) is 5.63. The zero-order valence-electron chi connectivity index (χ0n) is 15.2. The fourth-order valence-corrected chi connectivity index (χ4v) is 3.65. The molecule has 1 aromatic heterocycles. The monoisotopic (exact) mass is 512 g/mol. The molecule has 148 valence electrons. The van der Waals surface area contributed by atoms with Gasteiger partial charge in [0.25, 0.3) is 5.69 Å². The molecule has 1 atom stereocenters. The van der Waals surface area contributed by atoms with Crippen LogP contribution in [0.2, 0.25) is 0 Å². The van der Waals surface area contributed by atoms with E-state index in [2.05, 4.69) is 15.6 Å². The normalized spacial score (nSPS) is 12.3. The Morgan fingerprint density at radius 2 is 1.93 bits per heavy atom. The first-order valence-corrected chi connectivity index (χ1v) is 9.23. The lowest BCUT2D eigenvalue weighted by molar-refractivity contribution is -0.384. The van der Waals surface area contributed by atoms with Crippen molar-refractivity contribution in [3.05, 3.63) is 75.2 Å². The van der Waals surface area contributed by atoms with Gasteiger partial charge in [0, 0.05) is 41.8 Å². The van der Waals surface area contributed by atoms with Gasteiger partial charge in [0.2, 0.25) is 0 Å². The maximum atomic E-state index is 10.7. The van der Waals surface area contributed by atoms with Crippen LogP contribution >= 0.6 is 35.3 Å². The Bertz CT molecular complexity index is 926. The molecule has 0 aliphatic heterocycles. The predicted molar refractivity (Wildman–Crippen MR) is 123 cm³/mol. The summed E-state index contributed by atoms with van der Waals surface area (Å²) in [5.74, 6) is 0.550. The first kappa shape index (κ1) is 22.1. The van der Waals surface area contributed by atoms with Crippen LogP contribution in [0.5, 0.6) is 0 Å². The van der Waals surface area contributed by atoms with Gasteiger partial charge in [-0.25, -0.2) is 0 Å². The summed E-state index contributed by atoms with van der Waals surface area (Å²) in [6.45, 7) is 0.795. The molecular weight excluding hydrogens is 491 g/mol. The molecule has 3 N–H and O–H groups in total. The van der Waals surface area contributed by atoms with Gasteiger partial charge >= 0.3 is 0 Å². The van der Waals surface area contributed by atoms with Crippen molar-refractivity contribution in [2.45, 2.75) is 12.6 Å². The SMILES string of the molecule is CN=C(NCc1ccc([N+](=O)[O-])cc1)NCC(O)c1cc2ccccc2s1.I. The molecule has 9 heteroatoms. The highest BCUT2D eigenvalue weighted by Gasteiger charge is 2.12. The highest BCUT2D eigenvalue weighted by molar-refractivity contribution is 14.0. The first-order chi connectivity index (χ1) is 13.1. The van der Waals surface area contributed by atoms with Crippen molar-refractivity contribution in [3.63, 3.8) is 0 Å². The summed E-state index contributed by atoms with van der Waals surface area (Å²) in [5.41, 5.74) is 0.960. The minimum Gasteiger partial charge on any atom is -0.386 e. The van der Waals surface area contributed by atoms with Crippen LogP contribution in [0.25, 0.3) is 10.1 Å². The number of hydrogen-bond donors (Lipinski definition) is 3. The topological polar surface area (TPSA) is 99.8 Å². The molecule has 0 spiro atoms. The number of halogens is 1. The summed E-state index contributed by atoms with van der Waals surface area (Å²) < 4.78 is 1.15. The van der Waals surface area contributed by atoms with E-state index < -0.39 is 11.0 Å². The second-order valence-electron chi connectivity index (χ2n) is 5.93. The smallest absolute Gasteiger partial charge is 0.269 e. The maximum absolute atomic E-state index is 10.7. The molecule has 1 unspecified atom stereocenters. The zero-order chi connectivity index (χ0) is 19.2. The summed E-state index contributed by atoms with van der Waals surface area (Å²) >= 11 is 1.57. The van der Waals surface area contributed by atoms with Crippen LogP contribution in [0.4, 0.5) is 5.69 Å². The molecule has 0 bridgehead atoms. The highest BCUT2D eigenvalue weighted by atomic mass is 127. The van der Waals surface area contributed by atoms with E-state index in [-0.39, 0.29) is 29.7 Å². The number of guanidine groups is 1. The van der Waals surface area contributed by atoms with Crippen molar-refractivity contribution in [2.75, 3.05) is 13.6 Å². The molecule has 28 heavy (non-hydrogen) atoms. The van der Waals surface area contributed by atoms with Gasteiger partial charge in [0.05, 0.1) is 4.92 Å². The summed E-state index contributed by atoms with van der Waals surface area (Å²) in [5, 5.41) is 28.5. The third-order valence-corrected chi connectivity index (χ3v) is 5.28. The number of rotatable bonds is 6. The highest BCUT2D eigenvalue weighted by Crippen LogP contribution is 2.29. The van der Waals surface area contributed by atoms with E-state index in [0.717, 1.165) is 20.5 Å². The lowest BCUT2D eigenvalue weighted by Gasteiger charge is -2.14. The van der Waals surface area contributed by atoms with Crippen LogP contribution in [-0.4, -0.2) is 29.6 Å². The van der Waals surface area contributed by atoms with Gasteiger partial charge in [-0.1, -0.05) is 30.3 Å². The number of hydrogen-bond acceptors (Lipinski definition) is 5. The minimum atomic E-state index is -0.639. The molecule has 0 amide bonds. The summed E-state index contributed by atoms with van der Waals surface area (Å²) in [6.07, 6.45) is -0.639. The van der Waals surface area contributed by atoms with Crippen molar-refractivity contribution in [3.8, 4) is 0 Å². The molecule has 0 aliphatic rings. The van der Waals surface area contributed by atoms with Gasteiger partial charge in [-0.2, -0.15) is 0 Å². The molecule has 1 heterocycles. The fourth-order valence-electron chi connectivity index (χ4n) is 2.60. The van der Waals surface area contributed by atoms with Gasteiger partial charge in [-0.3, -0.25) is 15.1 Å². The molecule has 0 saturated heterocycles. The second kappa shape index (κ2) is 10.3. The van der Waals surface area contributed by atoms with E-state index in [1.807, 2.05) is 30.3 Å². The van der Waals surface area contributed by atoms with E-state index in [9.17, 15) is 15.2 Å². The molecular formula is C19H21IN4O3S. The van der Waals surface area contributed by atoms with Gasteiger partial charge < -0.3 is 15.7 Å². The van der Waals surface area contributed by atoms with Crippen molar-refractivity contribution in [1.82, 2.24) is 10.6 Å². The largest absolute Gasteiger partial charge is 0.386 e. The number of non-ortho nitro benzene ring substituents is 1. The molecule has 0 radical (unpaired) electrons. The number of nitro benzene ring substituents is 1. The maximum Gasteiger partial charge on any atom is 0.269 e. The van der Waals surface area contributed by atoms with Crippen LogP contribution < -0.4 is 10.6 Å². The standard InChI is InChI=1S/C19H20N4O3S.HI/c1-20-19(21-11-13-6-8-15(9-7-13)23(25)26)22-12-16(24)18-10-14-4-2-3-5-17(14)27-18;/h2-10,16,24H,11-12H2,1H3,(H2,20,21,22);1H. The fraction of sp³-hybridized carbons (Fsp3) is 0.211. The zero-order valence-corrected chi connectivity index (χ0v) is 18.3. The Hall–Kier alpha value is -2.24. The Morgan fingerprint density at radius 1 is 1.21 bits per heavy atom. The number of aliphatic hydroxyl groups is 1. The quantitative estimate of drug-likeness (QED) is 0.153. The van der Waals surface area contributed by atoms with E-state index in [0.29, 0.717) is 19.0 Å². The van der Waals surface area contributed by atoms with Gasteiger partial charge in [0.15, 0.2) is 5.96 Å². The number of thiophene rings is 1. The van der Waals surface area contributed by atoms with E-state index in [1.54, 1.807) is 30.5 Å². The number of fused-ring (bicyclic) bond motifs is 1. The predicted octanol–water partition coefficient (Wildman–Crippen LogP) is 3.83. The Morgan fingerprint density at radius 3 is 2.57 bits per heavy atom. The van der Waals surface area contributed by atoms with E-state index in [4.69, 9.17) is 0 Å². The van der Waals surface area contributed by atoms with Crippen molar-refractivity contribution >= 4 is 57.0 Å². The number of nitrogens with zero attached hydrogens (tertiary/aromatic N) is 2. The van der Waals surface area contributed by atoms with Crippen LogP contribution in [-0.2, 0) is 6.54 Å². The minimum absolute atomic E-state index is 0. The average Bonchev–Trinajstić information content (AvgIpc) is 3.12. The van der Waals surface area contributed by atoms with E-state index in [1.165, 1.54) is 12.1 Å². The molecule has 0 saturated carbocycles. The number of benzene rings is 2. The van der Waals surface area contributed by atoms with Crippen LogP contribution in [0.1, 0.15) is 16.5 Å². The Balaban J connectivity index is 0.00000280. The van der Waals surface area contributed by atoms with Crippen molar-refractivity contribution in [2.24, 2.45) is 4.99 Å². The molecule has 2 aromatic carbocycles. The van der Waals surface area contributed by atoms with Crippen LogP contribution in [0, 0.1) is 10.1 Å². The average molecular weight is 512 g/mol. The molecule has 3 aromatic rings. The lowest BCUT2D eigenvalue weighted by atomic mass is 10.2. The number of nitrogens with one attached hydrogen (secondary N) is 2. The van der Waals surface area contributed by atoms with E-state index >= 15 is 0 Å². The van der Waals surface area contributed by atoms with Gasteiger partial charge in [-0.15, -0.1) is 35.3 Å². The van der Waals surface area contributed by atoms with Gasteiger partial charge in [-0.05, 0) is 23.1 Å². The molecule has 0 aliphatic carbocycles. The van der Waals surface area contributed by atoms with Crippen molar-refractivity contribution < 1.29 is 10.0 Å². The van der Waals surface area contributed by atoms with Gasteiger partial charge in [0.1, 0.15) is 6.10 Å².